The number of aromatic nitrogens is 4. The van der Waals surface area contributed by atoms with Crippen molar-refractivity contribution in [2.24, 2.45) is 0 Å². The van der Waals surface area contributed by atoms with E-state index >= 15 is 0 Å². The molecule has 39 heavy (non-hydrogen) atoms. The number of amides is 1. The minimum Gasteiger partial charge on any atom is -0.497 e. The van der Waals surface area contributed by atoms with E-state index in [4.69, 9.17) is 31.2 Å². The number of aryl methyl sites for hydroxylation is 1. The molecule has 1 fully saturated rings. The average Bonchev–Trinajstić information content (AvgIpc) is 3.64. The molecule has 0 N–H and O–H groups in total. The highest BCUT2D eigenvalue weighted by Gasteiger charge is 2.29. The Balaban J connectivity index is 1.48. The predicted octanol–water partition coefficient (Wildman–Crippen LogP) is 6.07. The Morgan fingerprint density at radius 3 is 2.46 bits per heavy atom. The van der Waals surface area contributed by atoms with Crippen molar-refractivity contribution >= 4 is 17.5 Å². The molecule has 2 aromatic carbocycles. The van der Waals surface area contributed by atoms with Gasteiger partial charge in [0.1, 0.15) is 11.5 Å². The van der Waals surface area contributed by atoms with Crippen molar-refractivity contribution in [3.8, 4) is 34.3 Å². The molecule has 0 radical (unpaired) electrons. The Morgan fingerprint density at radius 2 is 1.79 bits per heavy atom. The normalized spacial score (nSPS) is 13.4. The molecule has 4 aromatic rings. The second kappa shape index (κ2) is 11.9. The molecule has 1 aliphatic carbocycles. The molecule has 0 unspecified atom stereocenters. The molecule has 9 heteroatoms. The molecular weight excluding hydrogens is 514 g/mol. The van der Waals surface area contributed by atoms with Gasteiger partial charge >= 0.3 is 0 Å². The molecule has 2 heterocycles. The van der Waals surface area contributed by atoms with E-state index in [-0.39, 0.29) is 11.9 Å². The molecule has 0 spiro atoms. The van der Waals surface area contributed by atoms with Crippen LogP contribution in [-0.2, 0) is 6.54 Å². The molecule has 1 saturated carbocycles. The van der Waals surface area contributed by atoms with E-state index in [1.54, 1.807) is 26.6 Å². The summed E-state index contributed by atoms with van der Waals surface area (Å²) in [7, 11) is 3.22. The number of halogens is 1. The Kier molecular flexibility index (Phi) is 8.12. The first kappa shape index (κ1) is 26.7. The SMILES string of the molecule is COc1ccc(C(=O)N(CCn2nc(-c3ccncc3)nc2-c2ccc(OC)c(Cl)c2)C2CCCC2)c(C)c1. The molecule has 0 aliphatic heterocycles. The molecule has 5 rings (SSSR count). The fourth-order valence-electron chi connectivity index (χ4n) is 5.17. The summed E-state index contributed by atoms with van der Waals surface area (Å²) < 4.78 is 12.5. The number of methoxy groups -OCH3 is 2. The van der Waals surface area contributed by atoms with E-state index in [2.05, 4.69) is 4.98 Å². The second-order valence-corrected chi connectivity index (χ2v) is 10.1. The van der Waals surface area contributed by atoms with Crippen LogP contribution in [0, 0.1) is 6.92 Å². The smallest absolute Gasteiger partial charge is 0.254 e. The minimum atomic E-state index is 0.0329. The van der Waals surface area contributed by atoms with Gasteiger partial charge in [-0.1, -0.05) is 24.4 Å². The summed E-state index contributed by atoms with van der Waals surface area (Å²) in [6.07, 6.45) is 7.70. The maximum Gasteiger partial charge on any atom is 0.254 e. The first-order chi connectivity index (χ1) is 19.0. The monoisotopic (exact) mass is 545 g/mol. The fraction of sp³-hybridized carbons (Fsp3) is 0.333. The standard InChI is InChI=1S/C30H32ClN5O3/c1-20-18-24(38-2)9-10-25(20)30(37)35(23-6-4-5-7-23)16-17-36-29(22-8-11-27(39-3)26(31)19-22)33-28(34-36)21-12-14-32-15-13-21/h8-15,18-19,23H,4-7,16-17H2,1-3H3. The summed E-state index contributed by atoms with van der Waals surface area (Å²) in [5, 5.41) is 5.34. The third-order valence-corrected chi connectivity index (χ3v) is 7.56. The number of ether oxygens (including phenoxy) is 2. The van der Waals surface area contributed by atoms with Crippen molar-refractivity contribution in [2.45, 2.75) is 45.2 Å². The Hall–Kier alpha value is -3.91. The first-order valence-corrected chi connectivity index (χ1v) is 13.5. The molecule has 1 aliphatic rings. The molecule has 0 saturated heterocycles. The first-order valence-electron chi connectivity index (χ1n) is 13.1. The summed E-state index contributed by atoms with van der Waals surface area (Å²) in [4.78, 5) is 24.9. The Morgan fingerprint density at radius 1 is 1.03 bits per heavy atom. The van der Waals surface area contributed by atoms with Gasteiger partial charge in [0.2, 0.25) is 0 Å². The van der Waals surface area contributed by atoms with Crippen LogP contribution in [0.4, 0.5) is 0 Å². The van der Waals surface area contributed by atoms with Crippen LogP contribution in [0.1, 0.15) is 41.6 Å². The van der Waals surface area contributed by atoms with Gasteiger partial charge in [-0.05, 0) is 73.9 Å². The van der Waals surface area contributed by atoms with E-state index in [1.807, 2.05) is 65.0 Å². The number of carbonyl (C=O) groups excluding carboxylic acids is 1. The highest BCUT2D eigenvalue weighted by atomic mass is 35.5. The number of nitrogens with zero attached hydrogens (tertiary/aromatic N) is 5. The van der Waals surface area contributed by atoms with E-state index < -0.39 is 0 Å². The van der Waals surface area contributed by atoms with Gasteiger partial charge in [0.05, 0.1) is 25.8 Å². The van der Waals surface area contributed by atoms with Crippen LogP contribution in [0.3, 0.4) is 0 Å². The van der Waals surface area contributed by atoms with Crippen LogP contribution in [0.5, 0.6) is 11.5 Å². The van der Waals surface area contributed by atoms with Gasteiger partial charge in [-0.2, -0.15) is 5.10 Å². The Labute approximate surface area is 233 Å². The molecule has 1 amide bonds. The third kappa shape index (κ3) is 5.76. The summed E-state index contributed by atoms with van der Waals surface area (Å²) >= 11 is 6.46. The van der Waals surface area contributed by atoms with E-state index in [0.717, 1.165) is 48.1 Å². The number of rotatable bonds is 9. The van der Waals surface area contributed by atoms with Crippen LogP contribution >= 0.6 is 11.6 Å². The van der Waals surface area contributed by atoms with Crippen LogP contribution in [0.2, 0.25) is 5.02 Å². The lowest BCUT2D eigenvalue weighted by atomic mass is 10.1. The van der Waals surface area contributed by atoms with Crippen molar-refractivity contribution in [1.82, 2.24) is 24.6 Å². The molecule has 2 aromatic heterocycles. The molecule has 8 nitrogen and oxygen atoms in total. The number of hydrogen-bond acceptors (Lipinski definition) is 6. The van der Waals surface area contributed by atoms with Crippen molar-refractivity contribution in [3.05, 3.63) is 77.1 Å². The zero-order valence-electron chi connectivity index (χ0n) is 22.4. The van der Waals surface area contributed by atoms with E-state index in [9.17, 15) is 4.79 Å². The van der Waals surface area contributed by atoms with Crippen LogP contribution in [0.25, 0.3) is 22.8 Å². The zero-order chi connectivity index (χ0) is 27.4. The minimum absolute atomic E-state index is 0.0329. The van der Waals surface area contributed by atoms with Crippen molar-refractivity contribution in [1.29, 1.82) is 0 Å². The lowest BCUT2D eigenvalue weighted by molar-refractivity contribution is 0.0671. The topological polar surface area (TPSA) is 82.4 Å². The lowest BCUT2D eigenvalue weighted by Gasteiger charge is -2.30. The number of benzene rings is 2. The van der Waals surface area contributed by atoms with Crippen molar-refractivity contribution in [3.63, 3.8) is 0 Å². The maximum absolute atomic E-state index is 13.9. The fourth-order valence-corrected chi connectivity index (χ4v) is 5.42. The van der Waals surface area contributed by atoms with E-state index in [1.165, 1.54) is 0 Å². The van der Waals surface area contributed by atoms with Gasteiger partial charge in [-0.15, -0.1) is 0 Å². The van der Waals surface area contributed by atoms with Crippen LogP contribution in [0.15, 0.2) is 60.9 Å². The van der Waals surface area contributed by atoms with Gasteiger partial charge in [0.15, 0.2) is 11.6 Å². The van der Waals surface area contributed by atoms with Crippen LogP contribution in [-0.4, -0.2) is 57.4 Å². The summed E-state index contributed by atoms with van der Waals surface area (Å²) in [5.74, 6) is 2.62. The second-order valence-electron chi connectivity index (χ2n) is 9.69. The third-order valence-electron chi connectivity index (χ3n) is 7.26. The molecule has 202 valence electrons. The number of hydrogen-bond donors (Lipinski definition) is 0. The average molecular weight is 546 g/mol. The maximum atomic E-state index is 13.9. The zero-order valence-corrected chi connectivity index (χ0v) is 23.2. The van der Waals surface area contributed by atoms with Gasteiger partial charge < -0.3 is 14.4 Å². The molecule has 0 bridgehead atoms. The van der Waals surface area contributed by atoms with Gasteiger partial charge in [-0.3, -0.25) is 9.78 Å². The summed E-state index contributed by atoms with van der Waals surface area (Å²) in [6.45, 7) is 2.94. The van der Waals surface area contributed by atoms with Crippen molar-refractivity contribution < 1.29 is 14.3 Å². The highest BCUT2D eigenvalue weighted by molar-refractivity contribution is 6.32. The quantitative estimate of drug-likeness (QED) is 0.254. The molecule has 0 atom stereocenters. The van der Waals surface area contributed by atoms with Crippen LogP contribution < -0.4 is 9.47 Å². The van der Waals surface area contributed by atoms with Gasteiger partial charge in [0.25, 0.3) is 5.91 Å². The molecular formula is C30H32ClN5O3. The largest absolute Gasteiger partial charge is 0.497 e. The predicted molar refractivity (Wildman–Crippen MR) is 151 cm³/mol. The Bertz CT molecular complexity index is 1450. The highest BCUT2D eigenvalue weighted by Crippen LogP contribution is 2.31. The summed E-state index contributed by atoms with van der Waals surface area (Å²) in [6, 6.07) is 15.1. The van der Waals surface area contributed by atoms with Crippen molar-refractivity contribution in [2.75, 3.05) is 20.8 Å². The lowest BCUT2D eigenvalue weighted by Crippen LogP contribution is -2.41. The summed E-state index contributed by atoms with van der Waals surface area (Å²) in [5.41, 5.74) is 3.28. The number of carbonyl (C=O) groups is 1. The van der Waals surface area contributed by atoms with E-state index in [0.29, 0.717) is 41.1 Å². The van der Waals surface area contributed by atoms with Gasteiger partial charge in [0, 0.05) is 41.7 Å². The van der Waals surface area contributed by atoms with Gasteiger partial charge in [-0.25, -0.2) is 9.67 Å². The number of pyridine rings is 1.